The third kappa shape index (κ3) is 7.97. The summed E-state index contributed by atoms with van der Waals surface area (Å²) in [6.07, 6.45) is -0.335. The standard InChI is InChI=1S/C66H44N6/c1-4-20-48(21-5-1)61-67-62(49-22-6-2-7-23-49)69-64(68-61)51-35-31-46(32-36-51)56-41-39-44-18-11-14-28-54(44)59(56)60-55-29-15-12-19-45(55)40-42-57(60)47-33-37-52(38-34-47)65-70-63(50-24-8-3-9-25-50)71-66(72-65)58-30-16-26-43-17-10-13-27-53(43)58/h1-42,64H,(H,67,68,69). The van der Waals surface area contributed by atoms with Crippen molar-refractivity contribution < 1.29 is 0 Å². The molecule has 12 aromatic rings. The van der Waals surface area contributed by atoms with Crippen molar-refractivity contribution in [3.63, 3.8) is 0 Å². The second kappa shape index (κ2) is 18.3. The van der Waals surface area contributed by atoms with Gasteiger partial charge in [0, 0.05) is 27.8 Å². The summed E-state index contributed by atoms with van der Waals surface area (Å²) in [7, 11) is 0. The number of aliphatic imine (C=N–C) groups is 2. The van der Waals surface area contributed by atoms with E-state index in [-0.39, 0.29) is 6.17 Å². The summed E-state index contributed by atoms with van der Waals surface area (Å²) in [5.41, 5.74) is 12.7. The molecule has 6 heteroatoms. The fourth-order valence-electron chi connectivity index (χ4n) is 10.0. The minimum absolute atomic E-state index is 0.335. The Morgan fingerprint density at radius 3 is 1.31 bits per heavy atom. The van der Waals surface area contributed by atoms with Crippen LogP contribution in [-0.4, -0.2) is 26.6 Å². The van der Waals surface area contributed by atoms with Gasteiger partial charge in [-0.15, -0.1) is 0 Å². The molecule has 338 valence electrons. The molecule has 1 aliphatic rings. The zero-order valence-corrected chi connectivity index (χ0v) is 39.1. The van der Waals surface area contributed by atoms with Gasteiger partial charge in [0.2, 0.25) is 0 Å². The van der Waals surface area contributed by atoms with Gasteiger partial charge >= 0.3 is 0 Å². The van der Waals surface area contributed by atoms with Gasteiger partial charge in [-0.2, -0.15) is 0 Å². The van der Waals surface area contributed by atoms with E-state index in [4.69, 9.17) is 24.9 Å². The summed E-state index contributed by atoms with van der Waals surface area (Å²) in [6, 6.07) is 89.4. The van der Waals surface area contributed by atoms with E-state index in [0.717, 1.165) is 72.2 Å². The lowest BCUT2D eigenvalue weighted by Gasteiger charge is -2.24. The van der Waals surface area contributed by atoms with Crippen LogP contribution < -0.4 is 5.32 Å². The Kier molecular flexibility index (Phi) is 10.8. The summed E-state index contributed by atoms with van der Waals surface area (Å²) in [4.78, 5) is 25.5. The van der Waals surface area contributed by atoms with Crippen LogP contribution in [0.5, 0.6) is 0 Å². The van der Waals surface area contributed by atoms with Crippen LogP contribution in [0.4, 0.5) is 0 Å². The highest BCUT2D eigenvalue weighted by molar-refractivity contribution is 6.15. The molecule has 1 N–H and O–H groups in total. The van der Waals surface area contributed by atoms with Crippen LogP contribution in [0, 0.1) is 0 Å². The van der Waals surface area contributed by atoms with E-state index in [1.165, 1.54) is 32.7 Å². The Balaban J connectivity index is 0.923. The largest absolute Gasteiger partial charge is 0.344 e. The minimum atomic E-state index is -0.335. The van der Waals surface area contributed by atoms with Gasteiger partial charge in [-0.3, -0.25) is 0 Å². The first-order chi connectivity index (χ1) is 35.7. The van der Waals surface area contributed by atoms with Crippen molar-refractivity contribution in [1.29, 1.82) is 0 Å². The lowest BCUT2D eigenvalue weighted by Crippen LogP contribution is -2.33. The normalized spacial score (nSPS) is 13.4. The van der Waals surface area contributed by atoms with E-state index in [9.17, 15) is 0 Å². The lowest BCUT2D eigenvalue weighted by atomic mass is 9.83. The number of rotatable bonds is 9. The summed E-state index contributed by atoms with van der Waals surface area (Å²) in [6.45, 7) is 0. The van der Waals surface area contributed by atoms with Crippen molar-refractivity contribution >= 4 is 44.0 Å². The number of aromatic nitrogens is 3. The van der Waals surface area contributed by atoms with Gasteiger partial charge in [0.1, 0.15) is 12.0 Å². The van der Waals surface area contributed by atoms with Crippen molar-refractivity contribution in [2.24, 2.45) is 9.98 Å². The lowest BCUT2D eigenvalue weighted by molar-refractivity contribution is 0.674. The zero-order valence-electron chi connectivity index (χ0n) is 39.1. The van der Waals surface area contributed by atoms with Gasteiger partial charge in [-0.1, -0.05) is 255 Å². The van der Waals surface area contributed by atoms with Gasteiger partial charge < -0.3 is 5.32 Å². The highest BCUT2D eigenvalue weighted by Crippen LogP contribution is 2.46. The average Bonchev–Trinajstić information content (AvgIpc) is 3.47. The molecule has 6 nitrogen and oxygen atoms in total. The number of hydrogen-bond donors (Lipinski definition) is 1. The molecule has 0 fully saturated rings. The summed E-state index contributed by atoms with van der Waals surface area (Å²) in [5, 5.41) is 10.6. The van der Waals surface area contributed by atoms with Gasteiger partial charge in [0.25, 0.3) is 0 Å². The van der Waals surface area contributed by atoms with Crippen molar-refractivity contribution in [2.45, 2.75) is 6.17 Å². The molecule has 2 heterocycles. The summed E-state index contributed by atoms with van der Waals surface area (Å²) >= 11 is 0. The molecule has 0 saturated carbocycles. The fraction of sp³-hybridized carbons (Fsp3) is 0.0152. The van der Waals surface area contributed by atoms with E-state index < -0.39 is 0 Å². The van der Waals surface area contributed by atoms with Crippen molar-refractivity contribution in [3.8, 4) is 67.5 Å². The Labute approximate surface area is 417 Å². The van der Waals surface area contributed by atoms with Crippen molar-refractivity contribution in [3.05, 3.63) is 271 Å². The van der Waals surface area contributed by atoms with Crippen LogP contribution >= 0.6 is 0 Å². The third-order valence-electron chi connectivity index (χ3n) is 13.6. The predicted octanol–water partition coefficient (Wildman–Crippen LogP) is 15.8. The highest BCUT2D eigenvalue weighted by atomic mass is 15.2. The summed E-state index contributed by atoms with van der Waals surface area (Å²) in [5.74, 6) is 3.38. The van der Waals surface area contributed by atoms with Crippen LogP contribution in [0.15, 0.2) is 265 Å². The Morgan fingerprint density at radius 1 is 0.292 bits per heavy atom. The quantitative estimate of drug-likeness (QED) is 0.156. The maximum atomic E-state index is 5.17. The van der Waals surface area contributed by atoms with Crippen LogP contribution in [-0.2, 0) is 0 Å². The average molecular weight is 921 g/mol. The molecule has 1 aliphatic heterocycles. The number of nitrogens with one attached hydrogen (secondary N) is 1. The minimum Gasteiger partial charge on any atom is -0.344 e. The fourth-order valence-corrected chi connectivity index (χ4v) is 10.0. The molecule has 0 spiro atoms. The van der Waals surface area contributed by atoms with E-state index in [0.29, 0.717) is 23.3 Å². The first-order valence-corrected chi connectivity index (χ1v) is 24.3. The van der Waals surface area contributed by atoms with Gasteiger partial charge in [-0.25, -0.2) is 24.9 Å². The molecule has 1 unspecified atom stereocenters. The molecular formula is C66H44N6. The Morgan fingerprint density at radius 2 is 0.722 bits per heavy atom. The smallest absolute Gasteiger partial charge is 0.164 e. The molecule has 0 aliphatic carbocycles. The van der Waals surface area contributed by atoms with E-state index in [1.807, 2.05) is 66.7 Å². The Hall–Kier alpha value is -9.65. The summed E-state index contributed by atoms with van der Waals surface area (Å²) < 4.78 is 0. The SMILES string of the molecule is c1ccc(C2=NC(c3ccc(-c4ccc5ccccc5c4-c4c(-c5ccc(-c6nc(-c7ccccc7)nc(-c7cccc8ccccc78)n6)cc5)ccc5ccccc45)cc3)NC(c3ccccc3)=N2)cc1. The molecule has 72 heavy (non-hydrogen) atoms. The van der Waals surface area contributed by atoms with E-state index in [1.54, 1.807) is 0 Å². The number of fused-ring (bicyclic) bond motifs is 3. The van der Waals surface area contributed by atoms with Gasteiger partial charge in [0.05, 0.1) is 0 Å². The first kappa shape index (κ1) is 42.5. The molecular weight excluding hydrogens is 877 g/mol. The second-order valence-corrected chi connectivity index (χ2v) is 18.0. The maximum absolute atomic E-state index is 5.17. The number of nitrogens with zero attached hydrogens (tertiary/aromatic N) is 5. The predicted molar refractivity (Wildman–Crippen MR) is 297 cm³/mol. The third-order valence-corrected chi connectivity index (χ3v) is 13.6. The molecule has 11 aromatic carbocycles. The Bertz CT molecular complexity index is 4030. The van der Waals surface area contributed by atoms with Crippen LogP contribution in [0.1, 0.15) is 22.9 Å². The highest BCUT2D eigenvalue weighted by Gasteiger charge is 2.23. The van der Waals surface area contributed by atoms with E-state index >= 15 is 0 Å². The second-order valence-electron chi connectivity index (χ2n) is 18.0. The molecule has 13 rings (SSSR count). The van der Waals surface area contributed by atoms with Crippen LogP contribution in [0.25, 0.3) is 99.9 Å². The molecule has 0 radical (unpaired) electrons. The molecule has 0 bridgehead atoms. The van der Waals surface area contributed by atoms with Crippen molar-refractivity contribution in [1.82, 2.24) is 20.3 Å². The number of amidine groups is 2. The molecule has 1 atom stereocenters. The zero-order chi connectivity index (χ0) is 47.8. The van der Waals surface area contributed by atoms with Gasteiger partial charge in [-0.05, 0) is 71.3 Å². The molecule has 0 amide bonds. The molecule has 0 saturated heterocycles. The van der Waals surface area contributed by atoms with Gasteiger partial charge in [0.15, 0.2) is 23.3 Å². The number of hydrogen-bond acceptors (Lipinski definition) is 6. The van der Waals surface area contributed by atoms with Crippen LogP contribution in [0.3, 0.4) is 0 Å². The molecule has 1 aromatic heterocycles. The number of benzene rings is 11. The van der Waals surface area contributed by atoms with Crippen LogP contribution in [0.2, 0.25) is 0 Å². The maximum Gasteiger partial charge on any atom is 0.164 e. The van der Waals surface area contributed by atoms with E-state index in [2.05, 4.69) is 193 Å². The topological polar surface area (TPSA) is 75.4 Å². The first-order valence-electron chi connectivity index (χ1n) is 24.3. The monoisotopic (exact) mass is 920 g/mol. The van der Waals surface area contributed by atoms with Crippen molar-refractivity contribution in [2.75, 3.05) is 0 Å².